The van der Waals surface area contributed by atoms with Crippen molar-refractivity contribution in [1.82, 2.24) is 0 Å². The fourth-order valence-corrected chi connectivity index (χ4v) is 2.28. The van der Waals surface area contributed by atoms with E-state index in [2.05, 4.69) is 0 Å². The summed E-state index contributed by atoms with van der Waals surface area (Å²) in [5, 5.41) is 9.83. The van der Waals surface area contributed by atoms with Crippen molar-refractivity contribution in [3.05, 3.63) is 58.4 Å². The molecule has 0 unspecified atom stereocenters. The molecule has 0 aliphatic heterocycles. The third kappa shape index (κ3) is 3.16. The Bertz CT molecular complexity index is 688. The van der Waals surface area contributed by atoms with Crippen molar-refractivity contribution in [3.63, 3.8) is 0 Å². The minimum atomic E-state index is -0.663. The maximum atomic E-state index is 13.9. The maximum absolute atomic E-state index is 13.9. The molecule has 0 radical (unpaired) electrons. The molecule has 2 aromatic carbocycles. The average Bonchev–Trinajstić information content (AvgIpc) is 2.43. The summed E-state index contributed by atoms with van der Waals surface area (Å²) < 4.78 is 13.9. The van der Waals surface area contributed by atoms with Gasteiger partial charge in [-0.25, -0.2) is 4.39 Å². The van der Waals surface area contributed by atoms with Gasteiger partial charge in [0.25, 0.3) is 5.91 Å². The Morgan fingerprint density at radius 3 is 2.62 bits per heavy atom. The van der Waals surface area contributed by atoms with E-state index in [0.29, 0.717) is 12.2 Å². The minimum absolute atomic E-state index is 0.0519. The number of rotatable bonds is 3. The molecule has 2 rings (SSSR count). The molecule has 1 N–H and O–H groups in total. The predicted molar refractivity (Wildman–Crippen MR) is 81.6 cm³/mol. The summed E-state index contributed by atoms with van der Waals surface area (Å²) in [6.45, 7) is 3.96. The van der Waals surface area contributed by atoms with E-state index in [-0.39, 0.29) is 16.3 Å². The molecule has 0 aliphatic rings. The Balaban J connectivity index is 2.45. The van der Waals surface area contributed by atoms with Gasteiger partial charge >= 0.3 is 0 Å². The largest absolute Gasteiger partial charge is 0.508 e. The topological polar surface area (TPSA) is 40.5 Å². The lowest BCUT2D eigenvalue weighted by Gasteiger charge is -2.23. The highest BCUT2D eigenvalue weighted by Gasteiger charge is 2.21. The summed E-state index contributed by atoms with van der Waals surface area (Å²) in [5.41, 5.74) is 1.32. The second kappa shape index (κ2) is 6.14. The van der Waals surface area contributed by atoms with Gasteiger partial charge < -0.3 is 10.0 Å². The number of carbonyl (C=O) groups is 1. The SMILES string of the molecule is CCN(C(=O)c1ccc(Cl)cc1F)c1cc(O)ccc1C. The molecule has 110 valence electrons. The summed E-state index contributed by atoms with van der Waals surface area (Å²) in [7, 11) is 0. The Morgan fingerprint density at radius 1 is 1.29 bits per heavy atom. The Hall–Kier alpha value is -2.07. The van der Waals surface area contributed by atoms with Crippen LogP contribution in [0.5, 0.6) is 5.75 Å². The Morgan fingerprint density at radius 2 is 2.00 bits per heavy atom. The third-order valence-electron chi connectivity index (χ3n) is 3.21. The summed E-state index contributed by atoms with van der Waals surface area (Å²) in [6.07, 6.45) is 0. The van der Waals surface area contributed by atoms with Crippen molar-refractivity contribution < 1.29 is 14.3 Å². The van der Waals surface area contributed by atoms with Gasteiger partial charge in [-0.15, -0.1) is 0 Å². The van der Waals surface area contributed by atoms with E-state index < -0.39 is 11.7 Å². The molecule has 0 aliphatic carbocycles. The number of hydrogen-bond donors (Lipinski definition) is 1. The number of phenols is 1. The van der Waals surface area contributed by atoms with E-state index in [9.17, 15) is 14.3 Å². The lowest BCUT2D eigenvalue weighted by atomic mass is 10.1. The van der Waals surface area contributed by atoms with Crippen LogP contribution in [0.1, 0.15) is 22.8 Å². The second-order valence-electron chi connectivity index (χ2n) is 4.64. The first-order valence-corrected chi connectivity index (χ1v) is 6.88. The Kier molecular flexibility index (Phi) is 4.48. The molecule has 0 atom stereocenters. The third-order valence-corrected chi connectivity index (χ3v) is 3.44. The molecule has 0 fully saturated rings. The van der Waals surface area contributed by atoms with Crippen LogP contribution in [-0.2, 0) is 0 Å². The summed E-state index contributed by atoms with van der Waals surface area (Å²) in [5.74, 6) is -1.08. The smallest absolute Gasteiger partial charge is 0.261 e. The highest BCUT2D eigenvalue weighted by molar-refractivity contribution is 6.30. The van der Waals surface area contributed by atoms with Gasteiger partial charge in [-0.2, -0.15) is 0 Å². The molecule has 0 saturated carbocycles. The van der Waals surface area contributed by atoms with Crippen LogP contribution < -0.4 is 4.90 Å². The number of amides is 1. The van der Waals surface area contributed by atoms with Crippen molar-refractivity contribution in [2.75, 3.05) is 11.4 Å². The fraction of sp³-hybridized carbons (Fsp3) is 0.188. The van der Waals surface area contributed by atoms with Crippen LogP contribution in [0, 0.1) is 12.7 Å². The van der Waals surface area contributed by atoms with Gasteiger partial charge in [-0.1, -0.05) is 17.7 Å². The number of carbonyl (C=O) groups excluding carboxylic acids is 1. The van der Waals surface area contributed by atoms with Crippen LogP contribution >= 0.6 is 11.6 Å². The Labute approximate surface area is 127 Å². The van der Waals surface area contributed by atoms with E-state index in [1.165, 1.54) is 23.1 Å². The number of phenolic OH excluding ortho intramolecular Hbond substituents is 1. The summed E-state index contributed by atoms with van der Waals surface area (Å²) in [6, 6.07) is 8.68. The van der Waals surface area contributed by atoms with Gasteiger partial charge in [0.05, 0.1) is 11.3 Å². The molecule has 0 saturated heterocycles. The first-order chi connectivity index (χ1) is 9.93. The van der Waals surface area contributed by atoms with Gasteiger partial charge in [0.2, 0.25) is 0 Å². The molecule has 0 aromatic heterocycles. The lowest BCUT2D eigenvalue weighted by Crippen LogP contribution is -2.31. The van der Waals surface area contributed by atoms with E-state index in [1.807, 2.05) is 6.92 Å². The first-order valence-electron chi connectivity index (χ1n) is 6.50. The zero-order chi connectivity index (χ0) is 15.6. The van der Waals surface area contributed by atoms with E-state index >= 15 is 0 Å². The number of halogens is 2. The molecular formula is C16H15ClFNO2. The molecule has 0 spiro atoms. The normalized spacial score (nSPS) is 10.5. The highest BCUT2D eigenvalue weighted by atomic mass is 35.5. The van der Waals surface area contributed by atoms with Crippen LogP contribution in [0.4, 0.5) is 10.1 Å². The van der Waals surface area contributed by atoms with Crippen molar-refractivity contribution in [1.29, 1.82) is 0 Å². The number of aryl methyl sites for hydroxylation is 1. The van der Waals surface area contributed by atoms with E-state index in [0.717, 1.165) is 11.6 Å². The van der Waals surface area contributed by atoms with Gasteiger partial charge in [0.1, 0.15) is 11.6 Å². The predicted octanol–water partition coefficient (Wildman–Crippen LogP) is 4.16. The van der Waals surface area contributed by atoms with Gasteiger partial charge in [0, 0.05) is 17.6 Å². The standard InChI is InChI=1S/C16H15ClFNO2/c1-3-19(15-9-12(20)6-4-10(15)2)16(21)13-7-5-11(17)8-14(13)18/h4-9,20H,3H2,1-2H3. The van der Waals surface area contributed by atoms with Gasteiger partial charge in [-0.3, -0.25) is 4.79 Å². The molecular weight excluding hydrogens is 293 g/mol. The van der Waals surface area contributed by atoms with Crippen LogP contribution in [0.2, 0.25) is 5.02 Å². The summed E-state index contributed by atoms with van der Waals surface area (Å²) >= 11 is 5.70. The molecule has 1 amide bonds. The van der Waals surface area contributed by atoms with Gasteiger partial charge in [0.15, 0.2) is 0 Å². The highest BCUT2D eigenvalue weighted by Crippen LogP contribution is 2.27. The molecule has 5 heteroatoms. The van der Waals surface area contributed by atoms with Crippen molar-refractivity contribution in [2.45, 2.75) is 13.8 Å². The minimum Gasteiger partial charge on any atom is -0.508 e. The van der Waals surface area contributed by atoms with E-state index in [4.69, 9.17) is 11.6 Å². The number of anilines is 1. The number of nitrogens with zero attached hydrogens (tertiary/aromatic N) is 1. The molecule has 0 heterocycles. The summed E-state index contributed by atoms with van der Waals surface area (Å²) in [4.78, 5) is 14.0. The second-order valence-corrected chi connectivity index (χ2v) is 5.08. The zero-order valence-electron chi connectivity index (χ0n) is 11.7. The average molecular weight is 308 g/mol. The number of benzene rings is 2. The monoisotopic (exact) mass is 307 g/mol. The van der Waals surface area contributed by atoms with Crippen molar-refractivity contribution in [3.8, 4) is 5.75 Å². The lowest BCUT2D eigenvalue weighted by molar-refractivity contribution is 0.0984. The quantitative estimate of drug-likeness (QED) is 0.925. The number of hydrogen-bond acceptors (Lipinski definition) is 2. The van der Waals surface area contributed by atoms with Crippen LogP contribution in [-0.4, -0.2) is 17.6 Å². The van der Waals surface area contributed by atoms with Gasteiger partial charge in [-0.05, 0) is 43.7 Å². The van der Waals surface area contributed by atoms with Crippen LogP contribution in [0.15, 0.2) is 36.4 Å². The number of aromatic hydroxyl groups is 1. The molecule has 3 nitrogen and oxygen atoms in total. The molecule has 21 heavy (non-hydrogen) atoms. The molecule has 0 bridgehead atoms. The van der Waals surface area contributed by atoms with Crippen LogP contribution in [0.3, 0.4) is 0 Å². The van der Waals surface area contributed by atoms with Crippen molar-refractivity contribution in [2.24, 2.45) is 0 Å². The van der Waals surface area contributed by atoms with Crippen LogP contribution in [0.25, 0.3) is 0 Å². The first kappa shape index (κ1) is 15.3. The van der Waals surface area contributed by atoms with Crippen molar-refractivity contribution >= 4 is 23.2 Å². The molecule has 2 aromatic rings. The zero-order valence-corrected chi connectivity index (χ0v) is 12.5. The maximum Gasteiger partial charge on any atom is 0.261 e. The fourth-order valence-electron chi connectivity index (χ4n) is 2.12. The van der Waals surface area contributed by atoms with E-state index in [1.54, 1.807) is 19.1 Å².